The summed E-state index contributed by atoms with van der Waals surface area (Å²) in [6.45, 7) is 2.60. The molecule has 3 rings (SSSR count). The van der Waals surface area contributed by atoms with Crippen molar-refractivity contribution in [3.05, 3.63) is 0 Å². The van der Waals surface area contributed by atoms with Crippen molar-refractivity contribution in [2.24, 2.45) is 11.3 Å². The van der Waals surface area contributed by atoms with E-state index in [9.17, 15) is 4.79 Å². The van der Waals surface area contributed by atoms with Crippen molar-refractivity contribution in [2.75, 3.05) is 19.7 Å². The number of ether oxygens (including phenoxy) is 1. The van der Waals surface area contributed by atoms with Crippen LogP contribution in [0, 0.1) is 11.3 Å². The fourth-order valence-corrected chi connectivity index (χ4v) is 3.29. The zero-order chi connectivity index (χ0) is 9.81. The predicted molar refractivity (Wildman–Crippen MR) is 56.2 cm³/mol. The van der Waals surface area contributed by atoms with E-state index in [1.165, 1.54) is 0 Å². The molecule has 0 aromatic heterocycles. The summed E-state index contributed by atoms with van der Waals surface area (Å²) in [5.74, 6) is -0.963. The molecule has 5 heteroatoms. The summed E-state index contributed by atoms with van der Waals surface area (Å²) < 4.78 is 5.67. The number of carboxylic acid groups (broad SMARTS) is 1. The third kappa shape index (κ3) is 1.55. The van der Waals surface area contributed by atoms with Gasteiger partial charge in [0.1, 0.15) is 0 Å². The Hall–Kier alpha value is -0.320. The maximum absolute atomic E-state index is 10.8. The average Bonchev–Trinajstić information content (AvgIpc) is 2.41. The van der Waals surface area contributed by atoms with Gasteiger partial charge in [0.05, 0.1) is 18.1 Å². The van der Waals surface area contributed by atoms with Gasteiger partial charge in [-0.15, -0.1) is 12.4 Å². The monoisotopic (exact) mass is 233 g/mol. The molecule has 0 aromatic carbocycles. The van der Waals surface area contributed by atoms with Gasteiger partial charge < -0.3 is 15.2 Å². The predicted octanol–water partition coefficient (Wildman–Crippen LogP) is 0.651. The minimum Gasteiger partial charge on any atom is -0.481 e. The van der Waals surface area contributed by atoms with Crippen LogP contribution in [0.1, 0.15) is 19.3 Å². The van der Waals surface area contributed by atoms with Gasteiger partial charge in [0.15, 0.2) is 0 Å². The number of hydrogen-bond donors (Lipinski definition) is 2. The number of nitrogens with one attached hydrogen (secondary N) is 1. The molecule has 1 aliphatic carbocycles. The third-order valence-electron chi connectivity index (χ3n) is 3.95. The van der Waals surface area contributed by atoms with Crippen LogP contribution >= 0.6 is 12.4 Å². The van der Waals surface area contributed by atoms with Crippen LogP contribution in [-0.4, -0.2) is 36.4 Å². The Morgan fingerprint density at radius 3 is 2.47 bits per heavy atom. The Balaban J connectivity index is 0.000000853. The number of carbonyl (C=O) groups is 1. The van der Waals surface area contributed by atoms with E-state index < -0.39 is 5.97 Å². The zero-order valence-corrected chi connectivity index (χ0v) is 9.31. The van der Waals surface area contributed by atoms with Crippen LogP contribution in [-0.2, 0) is 9.53 Å². The molecule has 86 valence electrons. The van der Waals surface area contributed by atoms with Gasteiger partial charge in [-0.25, -0.2) is 0 Å². The van der Waals surface area contributed by atoms with Gasteiger partial charge in [-0.1, -0.05) is 0 Å². The van der Waals surface area contributed by atoms with Crippen molar-refractivity contribution in [3.8, 4) is 0 Å². The molecule has 1 saturated carbocycles. The first-order chi connectivity index (χ1) is 6.63. The SMILES string of the molecule is Cl.O=C(O)C1COC2(C1)CC1(CNC1)C2. The summed E-state index contributed by atoms with van der Waals surface area (Å²) in [4.78, 5) is 10.8. The molecule has 2 spiro atoms. The smallest absolute Gasteiger partial charge is 0.308 e. The first-order valence-electron chi connectivity index (χ1n) is 5.21. The molecule has 2 saturated heterocycles. The van der Waals surface area contributed by atoms with E-state index in [0.717, 1.165) is 32.4 Å². The van der Waals surface area contributed by atoms with Gasteiger partial charge in [0.25, 0.3) is 0 Å². The Morgan fingerprint density at radius 1 is 1.40 bits per heavy atom. The fourth-order valence-electron chi connectivity index (χ4n) is 3.29. The number of hydrogen-bond acceptors (Lipinski definition) is 3. The van der Waals surface area contributed by atoms with Crippen molar-refractivity contribution in [2.45, 2.75) is 24.9 Å². The van der Waals surface area contributed by atoms with Crippen LogP contribution in [0.3, 0.4) is 0 Å². The van der Waals surface area contributed by atoms with Gasteiger partial charge in [-0.3, -0.25) is 4.79 Å². The number of rotatable bonds is 1. The summed E-state index contributed by atoms with van der Waals surface area (Å²) >= 11 is 0. The van der Waals surface area contributed by atoms with Gasteiger partial charge >= 0.3 is 5.97 Å². The van der Waals surface area contributed by atoms with E-state index in [4.69, 9.17) is 9.84 Å². The molecule has 0 amide bonds. The summed E-state index contributed by atoms with van der Waals surface area (Å²) in [6, 6.07) is 0. The first-order valence-corrected chi connectivity index (χ1v) is 5.21. The van der Waals surface area contributed by atoms with Crippen LogP contribution in [0.4, 0.5) is 0 Å². The molecule has 0 aromatic rings. The number of halogens is 1. The Labute approximate surface area is 94.8 Å². The molecular weight excluding hydrogens is 218 g/mol. The Bertz CT molecular complexity index is 282. The normalized spacial score (nSPS) is 34.3. The second-order valence-electron chi connectivity index (χ2n) is 5.19. The highest BCUT2D eigenvalue weighted by Crippen LogP contribution is 2.57. The lowest BCUT2D eigenvalue weighted by Crippen LogP contribution is -2.66. The lowest BCUT2D eigenvalue weighted by Gasteiger charge is -2.59. The maximum atomic E-state index is 10.8. The summed E-state index contributed by atoms with van der Waals surface area (Å²) in [5.41, 5.74) is 0.401. The quantitative estimate of drug-likeness (QED) is 0.698. The molecule has 0 bridgehead atoms. The molecule has 15 heavy (non-hydrogen) atoms. The van der Waals surface area contributed by atoms with Gasteiger partial charge in [-0.05, 0) is 19.3 Å². The highest BCUT2D eigenvalue weighted by Gasteiger charge is 2.61. The van der Waals surface area contributed by atoms with Crippen LogP contribution in [0.15, 0.2) is 0 Å². The van der Waals surface area contributed by atoms with Crippen LogP contribution < -0.4 is 5.32 Å². The van der Waals surface area contributed by atoms with E-state index in [-0.39, 0.29) is 23.9 Å². The van der Waals surface area contributed by atoms with E-state index in [0.29, 0.717) is 12.0 Å². The summed E-state index contributed by atoms with van der Waals surface area (Å²) in [5, 5.41) is 12.1. The van der Waals surface area contributed by atoms with Gasteiger partial charge in [0, 0.05) is 18.5 Å². The minimum atomic E-state index is -0.699. The third-order valence-corrected chi connectivity index (χ3v) is 3.95. The summed E-state index contributed by atoms with van der Waals surface area (Å²) in [7, 11) is 0. The van der Waals surface area contributed by atoms with Crippen molar-refractivity contribution in [3.63, 3.8) is 0 Å². The number of aliphatic carboxylic acids is 1. The molecular formula is C10H16ClNO3. The average molecular weight is 234 g/mol. The molecule has 4 nitrogen and oxygen atoms in total. The van der Waals surface area contributed by atoms with Gasteiger partial charge in [-0.2, -0.15) is 0 Å². The van der Waals surface area contributed by atoms with Crippen molar-refractivity contribution in [1.29, 1.82) is 0 Å². The van der Waals surface area contributed by atoms with E-state index in [2.05, 4.69) is 5.32 Å². The molecule has 1 atom stereocenters. The van der Waals surface area contributed by atoms with E-state index in [1.54, 1.807) is 0 Å². The molecule has 3 aliphatic rings. The lowest BCUT2D eigenvalue weighted by atomic mass is 9.55. The van der Waals surface area contributed by atoms with Crippen molar-refractivity contribution >= 4 is 18.4 Å². The van der Waals surface area contributed by atoms with E-state index >= 15 is 0 Å². The Morgan fingerprint density at radius 2 is 2.07 bits per heavy atom. The highest BCUT2D eigenvalue weighted by atomic mass is 35.5. The minimum absolute atomic E-state index is 0. The van der Waals surface area contributed by atoms with Crippen molar-refractivity contribution in [1.82, 2.24) is 5.32 Å². The van der Waals surface area contributed by atoms with Crippen LogP contribution in [0.5, 0.6) is 0 Å². The largest absolute Gasteiger partial charge is 0.481 e. The topological polar surface area (TPSA) is 58.6 Å². The zero-order valence-electron chi connectivity index (χ0n) is 8.49. The second-order valence-corrected chi connectivity index (χ2v) is 5.19. The standard InChI is InChI=1S/C10H15NO3.ClH/c12-8(13)7-1-10(14-2-7)3-9(4-10)5-11-6-9;/h7,11H,1-6H2,(H,12,13);1H. The molecule has 1 unspecified atom stereocenters. The van der Waals surface area contributed by atoms with E-state index in [1.807, 2.05) is 0 Å². The molecule has 2 heterocycles. The lowest BCUT2D eigenvalue weighted by molar-refractivity contribution is -0.157. The fraction of sp³-hybridized carbons (Fsp3) is 0.900. The molecule has 3 fully saturated rings. The second kappa shape index (κ2) is 3.34. The molecule has 0 radical (unpaired) electrons. The molecule has 2 N–H and O–H groups in total. The molecule has 2 aliphatic heterocycles. The van der Waals surface area contributed by atoms with Crippen LogP contribution in [0.25, 0.3) is 0 Å². The summed E-state index contributed by atoms with van der Waals surface area (Å²) in [6.07, 6.45) is 2.86. The first kappa shape index (κ1) is 11.2. The highest BCUT2D eigenvalue weighted by molar-refractivity contribution is 5.85. The maximum Gasteiger partial charge on any atom is 0.308 e. The Kier molecular flexibility index (Phi) is 2.48. The van der Waals surface area contributed by atoms with Crippen molar-refractivity contribution < 1.29 is 14.6 Å². The van der Waals surface area contributed by atoms with Crippen LogP contribution in [0.2, 0.25) is 0 Å². The van der Waals surface area contributed by atoms with Gasteiger partial charge in [0.2, 0.25) is 0 Å². The number of carboxylic acids is 1.